The van der Waals surface area contributed by atoms with E-state index >= 15 is 0 Å². The molecule has 2 aromatic rings. The molecule has 1 heterocycles. The van der Waals surface area contributed by atoms with Crippen molar-refractivity contribution >= 4 is 17.9 Å². The Labute approximate surface area is 213 Å². The maximum absolute atomic E-state index is 13.4. The molecule has 1 fully saturated rings. The number of nitrogens with zero attached hydrogens (tertiary/aromatic N) is 1. The van der Waals surface area contributed by atoms with Gasteiger partial charge in [0.2, 0.25) is 5.91 Å². The second-order valence-corrected chi connectivity index (χ2v) is 10.0. The summed E-state index contributed by atoms with van der Waals surface area (Å²) in [5.41, 5.74) is 2.77. The van der Waals surface area contributed by atoms with Gasteiger partial charge in [-0.2, -0.15) is 0 Å². The molecule has 194 valence electrons. The quantitative estimate of drug-likeness (QED) is 0.567. The average molecular weight is 496 g/mol. The molecule has 1 aliphatic heterocycles. The number of hydrogen-bond acceptors (Lipinski definition) is 5. The molecule has 2 aromatic carbocycles. The van der Waals surface area contributed by atoms with E-state index in [1.807, 2.05) is 55.5 Å². The zero-order chi connectivity index (χ0) is 26.5. The van der Waals surface area contributed by atoms with Gasteiger partial charge in [0.25, 0.3) is 0 Å². The number of methoxy groups -OCH3 is 2. The van der Waals surface area contributed by atoms with Crippen LogP contribution < -0.4 is 15.4 Å². The fraction of sp³-hybridized carbons (Fsp3) is 0.464. The molecule has 1 saturated heterocycles. The Balaban J connectivity index is 1.92. The number of benzene rings is 2. The van der Waals surface area contributed by atoms with Gasteiger partial charge in [0, 0.05) is 13.1 Å². The van der Waals surface area contributed by atoms with Crippen molar-refractivity contribution in [2.45, 2.75) is 58.2 Å². The molecule has 2 N–H and O–H groups in total. The van der Waals surface area contributed by atoms with Gasteiger partial charge in [-0.05, 0) is 47.6 Å². The average Bonchev–Trinajstić information content (AvgIpc) is 3.27. The molecule has 3 amide bonds. The van der Waals surface area contributed by atoms with Crippen molar-refractivity contribution in [3.05, 3.63) is 65.2 Å². The summed E-state index contributed by atoms with van der Waals surface area (Å²) in [4.78, 5) is 40.9. The van der Waals surface area contributed by atoms with Crippen LogP contribution in [0.3, 0.4) is 0 Å². The lowest BCUT2D eigenvalue weighted by Gasteiger charge is -2.31. The lowest BCUT2D eigenvalue weighted by molar-refractivity contribution is -0.146. The minimum Gasteiger partial charge on any atom is -0.497 e. The fourth-order valence-corrected chi connectivity index (χ4v) is 4.61. The lowest BCUT2D eigenvalue weighted by Crippen LogP contribution is -2.50. The first kappa shape index (κ1) is 27.0. The van der Waals surface area contributed by atoms with Gasteiger partial charge in [-0.15, -0.1) is 0 Å². The summed E-state index contributed by atoms with van der Waals surface area (Å²) < 4.78 is 10.3. The topological polar surface area (TPSA) is 97.0 Å². The summed E-state index contributed by atoms with van der Waals surface area (Å²) >= 11 is 0. The number of carbonyl (C=O) groups excluding carboxylic acids is 3. The highest BCUT2D eigenvalue weighted by Crippen LogP contribution is 2.42. The normalized spacial score (nSPS) is 19.5. The van der Waals surface area contributed by atoms with E-state index in [0.29, 0.717) is 6.54 Å². The molecular formula is C28H37N3O5. The number of rotatable bonds is 7. The molecule has 0 radical (unpaired) electrons. The van der Waals surface area contributed by atoms with Crippen LogP contribution in [0.25, 0.3) is 0 Å². The predicted octanol–water partition coefficient (Wildman–Crippen LogP) is 3.94. The summed E-state index contributed by atoms with van der Waals surface area (Å²) in [5, 5.41) is 5.74. The Morgan fingerprint density at radius 2 is 1.61 bits per heavy atom. The lowest BCUT2D eigenvalue weighted by atomic mass is 9.85. The van der Waals surface area contributed by atoms with Gasteiger partial charge in [0.1, 0.15) is 11.8 Å². The van der Waals surface area contributed by atoms with E-state index in [1.165, 1.54) is 12.0 Å². The molecule has 0 spiro atoms. The van der Waals surface area contributed by atoms with Gasteiger partial charge in [-0.25, -0.2) is 4.79 Å². The molecule has 3 unspecified atom stereocenters. The molecule has 1 aliphatic rings. The van der Waals surface area contributed by atoms with Gasteiger partial charge in [-0.3, -0.25) is 9.59 Å². The van der Waals surface area contributed by atoms with E-state index in [1.54, 1.807) is 7.11 Å². The number of hydrogen-bond donors (Lipinski definition) is 2. The van der Waals surface area contributed by atoms with Crippen LogP contribution in [0.2, 0.25) is 0 Å². The second-order valence-electron chi connectivity index (χ2n) is 10.0. The third kappa shape index (κ3) is 5.98. The van der Waals surface area contributed by atoms with Gasteiger partial charge < -0.3 is 25.0 Å². The third-order valence-corrected chi connectivity index (χ3v) is 6.61. The van der Waals surface area contributed by atoms with E-state index in [9.17, 15) is 14.4 Å². The first-order valence-electron chi connectivity index (χ1n) is 12.3. The van der Waals surface area contributed by atoms with E-state index in [0.717, 1.165) is 22.4 Å². The zero-order valence-corrected chi connectivity index (χ0v) is 22.0. The molecule has 3 rings (SSSR count). The van der Waals surface area contributed by atoms with Crippen LogP contribution in [0.15, 0.2) is 48.5 Å². The monoisotopic (exact) mass is 495 g/mol. The Bertz CT molecular complexity index is 1060. The Kier molecular flexibility index (Phi) is 8.61. The highest BCUT2D eigenvalue weighted by atomic mass is 16.5. The number of likely N-dealkylation sites (tertiary alicyclic amines) is 1. The Morgan fingerprint density at radius 3 is 2.14 bits per heavy atom. The van der Waals surface area contributed by atoms with E-state index in [2.05, 4.69) is 31.4 Å². The number of carbonyl (C=O) groups is 3. The number of esters is 1. The smallest absolute Gasteiger partial charge is 0.318 e. The van der Waals surface area contributed by atoms with Crippen molar-refractivity contribution in [3.8, 4) is 5.75 Å². The molecular weight excluding hydrogens is 458 g/mol. The number of urea groups is 1. The molecule has 0 bridgehead atoms. The zero-order valence-electron chi connectivity index (χ0n) is 22.0. The molecule has 0 aromatic heterocycles. The highest BCUT2D eigenvalue weighted by Gasteiger charge is 2.51. The fourth-order valence-electron chi connectivity index (χ4n) is 4.61. The molecule has 8 nitrogen and oxygen atoms in total. The molecule has 0 saturated carbocycles. The minimum absolute atomic E-state index is 0.0426. The minimum atomic E-state index is -0.828. The maximum Gasteiger partial charge on any atom is 0.318 e. The maximum atomic E-state index is 13.4. The first-order chi connectivity index (χ1) is 17.1. The Hall–Kier alpha value is -3.55. The van der Waals surface area contributed by atoms with Gasteiger partial charge >= 0.3 is 12.0 Å². The number of amides is 3. The molecule has 8 heteroatoms. The van der Waals surface area contributed by atoms with Crippen molar-refractivity contribution in [2.75, 3.05) is 20.8 Å². The summed E-state index contributed by atoms with van der Waals surface area (Å²) in [5.74, 6) is -0.709. The Morgan fingerprint density at radius 1 is 0.972 bits per heavy atom. The van der Waals surface area contributed by atoms with E-state index in [-0.39, 0.29) is 24.3 Å². The summed E-state index contributed by atoms with van der Waals surface area (Å²) in [6, 6.07) is 13.4. The van der Waals surface area contributed by atoms with Crippen LogP contribution in [-0.2, 0) is 26.3 Å². The predicted molar refractivity (Wildman–Crippen MR) is 138 cm³/mol. The summed E-state index contributed by atoms with van der Waals surface area (Å²) in [6.45, 7) is 8.87. The summed E-state index contributed by atoms with van der Waals surface area (Å²) in [7, 11) is 2.92. The van der Waals surface area contributed by atoms with Gasteiger partial charge in [0.15, 0.2) is 0 Å². The van der Waals surface area contributed by atoms with Crippen molar-refractivity contribution in [3.63, 3.8) is 0 Å². The molecule has 36 heavy (non-hydrogen) atoms. The van der Waals surface area contributed by atoms with Crippen LogP contribution in [0.5, 0.6) is 5.75 Å². The van der Waals surface area contributed by atoms with Crippen LogP contribution in [0, 0.1) is 5.92 Å². The van der Waals surface area contributed by atoms with Crippen LogP contribution in [-0.4, -0.2) is 49.6 Å². The van der Waals surface area contributed by atoms with Gasteiger partial charge in [0.05, 0.1) is 26.2 Å². The van der Waals surface area contributed by atoms with E-state index in [4.69, 9.17) is 9.47 Å². The van der Waals surface area contributed by atoms with Crippen LogP contribution >= 0.6 is 0 Å². The molecule has 3 atom stereocenters. The molecule has 0 aliphatic carbocycles. The SMILES string of the molecule is CCNC(=O)N1C(C(=O)NCc2ccc(OC)cc2)CC(C(=O)OC)C1c1ccc(C(C)(C)C)cc1. The van der Waals surface area contributed by atoms with Crippen molar-refractivity contribution in [1.29, 1.82) is 0 Å². The van der Waals surface area contributed by atoms with Crippen LogP contribution in [0.4, 0.5) is 4.79 Å². The van der Waals surface area contributed by atoms with E-state index < -0.39 is 30.0 Å². The largest absolute Gasteiger partial charge is 0.497 e. The van der Waals surface area contributed by atoms with Gasteiger partial charge in [-0.1, -0.05) is 57.2 Å². The third-order valence-electron chi connectivity index (χ3n) is 6.61. The highest BCUT2D eigenvalue weighted by molar-refractivity contribution is 5.90. The second kappa shape index (κ2) is 11.5. The van der Waals surface area contributed by atoms with Crippen molar-refractivity contribution in [2.24, 2.45) is 5.92 Å². The van der Waals surface area contributed by atoms with Crippen molar-refractivity contribution in [1.82, 2.24) is 15.5 Å². The summed E-state index contributed by atoms with van der Waals surface area (Å²) in [6.07, 6.45) is 0.171. The van der Waals surface area contributed by atoms with Crippen LogP contribution in [0.1, 0.15) is 56.8 Å². The first-order valence-corrected chi connectivity index (χ1v) is 12.3. The van der Waals surface area contributed by atoms with Crippen molar-refractivity contribution < 1.29 is 23.9 Å². The standard InChI is InChI=1S/C28H37N3O5/c1-7-29-27(34)31-23(25(32)30-17-18-8-14-21(35-5)15-9-18)16-22(26(33)36-6)24(31)19-10-12-20(13-11-19)28(2,3)4/h8-15,22-24H,7,16-17H2,1-6H3,(H,29,34)(H,30,32). The number of ether oxygens (including phenoxy) is 2. The number of nitrogens with one attached hydrogen (secondary N) is 2.